The highest BCUT2D eigenvalue weighted by molar-refractivity contribution is 4.82. The number of fused-ring (bicyclic) bond motifs is 4. The Hall–Kier alpha value is -0.120. The van der Waals surface area contributed by atoms with Crippen LogP contribution in [-0.4, -0.2) is 38.6 Å². The topological polar surface area (TPSA) is 21.7 Å². The van der Waals surface area contributed by atoms with E-state index in [0.29, 0.717) is 0 Å². The number of ether oxygens (including phenoxy) is 2. The minimum atomic E-state index is -0.129. The van der Waals surface area contributed by atoms with E-state index in [1.54, 1.807) is 14.2 Å². The van der Waals surface area contributed by atoms with Crippen molar-refractivity contribution in [1.29, 1.82) is 0 Å². The average molecular weight is 199 g/mol. The van der Waals surface area contributed by atoms with Crippen molar-refractivity contribution in [3.8, 4) is 0 Å². The first-order valence-corrected chi connectivity index (χ1v) is 5.63. The second-order valence-electron chi connectivity index (χ2n) is 4.62. The predicted molar refractivity (Wildman–Crippen MR) is 54.8 cm³/mol. The van der Waals surface area contributed by atoms with Gasteiger partial charge in [-0.3, -0.25) is 4.90 Å². The van der Waals surface area contributed by atoms with E-state index >= 15 is 0 Å². The molecule has 2 heterocycles. The maximum absolute atomic E-state index is 5.32. The average Bonchev–Trinajstić information content (AvgIpc) is 2.52. The number of nitrogens with zero attached hydrogens (tertiary/aromatic N) is 1. The van der Waals surface area contributed by atoms with Crippen LogP contribution in [0.5, 0.6) is 0 Å². The predicted octanol–water partition coefficient (Wildman–Crippen LogP) is 1.68. The molecule has 2 saturated heterocycles. The van der Waals surface area contributed by atoms with Crippen LogP contribution in [0.3, 0.4) is 0 Å². The Kier molecular flexibility index (Phi) is 3.42. The fourth-order valence-corrected chi connectivity index (χ4v) is 2.90. The lowest BCUT2D eigenvalue weighted by atomic mass is 9.84. The largest absolute Gasteiger partial charge is 0.343 e. The monoisotopic (exact) mass is 199 g/mol. The molecule has 14 heavy (non-hydrogen) atoms. The standard InChI is InChI=1S/C11H21NO2/c1-13-11(14-2)12-7-9-3-4-10(8-12)6-5-9/h9-11H,3-8H2,1-2H3. The molecule has 2 aliphatic heterocycles. The van der Waals surface area contributed by atoms with Gasteiger partial charge in [-0.2, -0.15) is 0 Å². The number of methoxy groups -OCH3 is 2. The fraction of sp³-hybridized carbons (Fsp3) is 1.00. The second-order valence-corrected chi connectivity index (χ2v) is 4.62. The van der Waals surface area contributed by atoms with E-state index in [2.05, 4.69) is 4.90 Å². The first-order valence-electron chi connectivity index (χ1n) is 5.63. The molecule has 1 saturated carbocycles. The normalized spacial score (nSPS) is 33.6. The van der Waals surface area contributed by atoms with Gasteiger partial charge < -0.3 is 9.47 Å². The van der Waals surface area contributed by atoms with E-state index in [1.807, 2.05) is 0 Å². The first kappa shape index (κ1) is 10.4. The Labute approximate surface area is 86.4 Å². The van der Waals surface area contributed by atoms with Crippen LogP contribution in [0.2, 0.25) is 0 Å². The zero-order chi connectivity index (χ0) is 9.97. The van der Waals surface area contributed by atoms with E-state index < -0.39 is 0 Å². The highest BCUT2D eigenvalue weighted by Gasteiger charge is 2.32. The van der Waals surface area contributed by atoms with Crippen LogP contribution in [0.4, 0.5) is 0 Å². The van der Waals surface area contributed by atoms with Crippen LogP contribution in [0.25, 0.3) is 0 Å². The van der Waals surface area contributed by atoms with Crippen LogP contribution >= 0.6 is 0 Å². The number of hydrogen-bond acceptors (Lipinski definition) is 3. The van der Waals surface area contributed by atoms with Gasteiger partial charge in [0, 0.05) is 27.3 Å². The van der Waals surface area contributed by atoms with E-state index in [0.717, 1.165) is 24.9 Å². The molecule has 82 valence electrons. The Morgan fingerprint density at radius 3 is 1.71 bits per heavy atom. The summed E-state index contributed by atoms with van der Waals surface area (Å²) in [5, 5.41) is 0. The van der Waals surface area contributed by atoms with Gasteiger partial charge >= 0.3 is 0 Å². The van der Waals surface area contributed by atoms with Crippen LogP contribution in [0.15, 0.2) is 0 Å². The summed E-state index contributed by atoms with van der Waals surface area (Å²) >= 11 is 0. The smallest absolute Gasteiger partial charge is 0.218 e. The van der Waals surface area contributed by atoms with Gasteiger partial charge in [-0.05, 0) is 37.5 Å². The third kappa shape index (κ3) is 2.10. The molecule has 0 spiro atoms. The zero-order valence-electron chi connectivity index (χ0n) is 9.24. The fourth-order valence-electron chi connectivity index (χ4n) is 2.90. The lowest BCUT2D eigenvalue weighted by molar-refractivity contribution is -0.198. The molecular weight excluding hydrogens is 178 g/mol. The minimum absolute atomic E-state index is 0.129. The summed E-state index contributed by atoms with van der Waals surface area (Å²) in [7, 11) is 3.45. The van der Waals surface area contributed by atoms with Gasteiger partial charge in [0.15, 0.2) is 0 Å². The van der Waals surface area contributed by atoms with E-state index in [4.69, 9.17) is 9.47 Å². The highest BCUT2D eigenvalue weighted by atomic mass is 16.7. The van der Waals surface area contributed by atoms with Crippen molar-refractivity contribution >= 4 is 0 Å². The first-order chi connectivity index (χ1) is 6.83. The molecule has 0 aromatic carbocycles. The van der Waals surface area contributed by atoms with Crippen molar-refractivity contribution in [2.75, 3.05) is 27.3 Å². The van der Waals surface area contributed by atoms with Gasteiger partial charge in [-0.1, -0.05) is 0 Å². The van der Waals surface area contributed by atoms with Gasteiger partial charge in [-0.15, -0.1) is 0 Å². The van der Waals surface area contributed by atoms with Gasteiger partial charge in [-0.25, -0.2) is 0 Å². The Morgan fingerprint density at radius 1 is 0.929 bits per heavy atom. The third-order valence-corrected chi connectivity index (χ3v) is 3.65. The molecule has 0 N–H and O–H groups in total. The SMILES string of the molecule is COC(OC)N1CC2CCC(CC2)C1. The number of hydrogen-bond donors (Lipinski definition) is 0. The van der Waals surface area contributed by atoms with Crippen LogP contribution < -0.4 is 0 Å². The van der Waals surface area contributed by atoms with Gasteiger partial charge in [0.05, 0.1) is 0 Å². The molecule has 3 fully saturated rings. The lowest BCUT2D eigenvalue weighted by Crippen LogP contribution is -2.40. The third-order valence-electron chi connectivity index (χ3n) is 3.65. The highest BCUT2D eigenvalue weighted by Crippen LogP contribution is 2.34. The summed E-state index contributed by atoms with van der Waals surface area (Å²) in [5.74, 6) is 1.75. The molecule has 0 amide bonds. The minimum Gasteiger partial charge on any atom is -0.343 e. The van der Waals surface area contributed by atoms with Crippen LogP contribution in [0, 0.1) is 11.8 Å². The van der Waals surface area contributed by atoms with Gasteiger partial charge in [0.1, 0.15) is 0 Å². The van der Waals surface area contributed by atoms with Crippen molar-refractivity contribution < 1.29 is 9.47 Å². The maximum atomic E-state index is 5.32. The Morgan fingerprint density at radius 2 is 1.36 bits per heavy atom. The quantitative estimate of drug-likeness (QED) is 0.646. The molecule has 0 radical (unpaired) electrons. The van der Waals surface area contributed by atoms with Crippen molar-refractivity contribution in [3.63, 3.8) is 0 Å². The molecule has 1 aliphatic carbocycles. The van der Waals surface area contributed by atoms with Crippen LogP contribution in [0.1, 0.15) is 25.7 Å². The van der Waals surface area contributed by atoms with Crippen molar-refractivity contribution in [1.82, 2.24) is 4.90 Å². The number of rotatable bonds is 3. The molecule has 3 heteroatoms. The molecule has 0 atom stereocenters. The van der Waals surface area contributed by atoms with Gasteiger partial charge in [0.25, 0.3) is 0 Å². The molecular formula is C11H21NO2. The summed E-state index contributed by atoms with van der Waals surface area (Å²) in [4.78, 5) is 2.36. The molecule has 0 aromatic rings. The molecule has 2 bridgehead atoms. The Bertz CT molecular complexity index is 160. The van der Waals surface area contributed by atoms with Crippen molar-refractivity contribution in [2.24, 2.45) is 11.8 Å². The summed E-state index contributed by atoms with van der Waals surface area (Å²) in [5.41, 5.74) is 0. The van der Waals surface area contributed by atoms with Gasteiger partial charge in [0.2, 0.25) is 6.41 Å². The lowest BCUT2D eigenvalue weighted by Gasteiger charge is -2.29. The summed E-state index contributed by atoms with van der Waals surface area (Å²) in [6.07, 6.45) is 5.49. The summed E-state index contributed by atoms with van der Waals surface area (Å²) in [6, 6.07) is 0. The Balaban J connectivity index is 1.99. The molecule has 3 nitrogen and oxygen atoms in total. The van der Waals surface area contributed by atoms with E-state index in [-0.39, 0.29) is 6.41 Å². The summed E-state index contributed by atoms with van der Waals surface area (Å²) < 4.78 is 10.6. The molecule has 0 unspecified atom stereocenters. The molecule has 3 aliphatic rings. The van der Waals surface area contributed by atoms with Crippen molar-refractivity contribution in [2.45, 2.75) is 32.1 Å². The van der Waals surface area contributed by atoms with E-state index in [9.17, 15) is 0 Å². The second kappa shape index (κ2) is 4.60. The molecule has 3 rings (SSSR count). The van der Waals surface area contributed by atoms with E-state index in [1.165, 1.54) is 25.7 Å². The maximum Gasteiger partial charge on any atom is 0.218 e. The summed E-state index contributed by atoms with van der Waals surface area (Å²) in [6.45, 7) is 2.31. The zero-order valence-corrected chi connectivity index (χ0v) is 9.24. The van der Waals surface area contributed by atoms with Crippen molar-refractivity contribution in [3.05, 3.63) is 0 Å². The molecule has 0 aromatic heterocycles. The van der Waals surface area contributed by atoms with Crippen LogP contribution in [-0.2, 0) is 9.47 Å².